The molecule has 1 saturated carbocycles. The van der Waals surface area contributed by atoms with E-state index in [-0.39, 0.29) is 5.78 Å². The summed E-state index contributed by atoms with van der Waals surface area (Å²) in [6.07, 6.45) is 8.23. The third-order valence-electron chi connectivity index (χ3n) is 4.59. The number of carbonyl (C=O) groups excluding carboxylic acids is 1. The van der Waals surface area contributed by atoms with Crippen molar-refractivity contribution in [3.63, 3.8) is 0 Å². The van der Waals surface area contributed by atoms with E-state index in [1.807, 2.05) is 19.9 Å². The van der Waals surface area contributed by atoms with Crippen molar-refractivity contribution < 1.29 is 9.53 Å². The number of methoxy groups -OCH3 is 1. The van der Waals surface area contributed by atoms with Gasteiger partial charge in [0.1, 0.15) is 5.75 Å². The summed E-state index contributed by atoms with van der Waals surface area (Å²) in [6.45, 7) is 3.98. The SMILES string of the molecule is COc1c(C)cc(Br)c(C)c1C(=O)CC1CCCCCC1. The lowest BCUT2D eigenvalue weighted by Crippen LogP contribution is -2.12. The molecule has 0 aliphatic heterocycles. The van der Waals surface area contributed by atoms with E-state index in [1.54, 1.807) is 7.11 Å². The molecule has 1 aromatic rings. The van der Waals surface area contributed by atoms with Gasteiger partial charge in [-0.3, -0.25) is 4.79 Å². The maximum Gasteiger partial charge on any atom is 0.167 e. The van der Waals surface area contributed by atoms with Gasteiger partial charge in [-0.1, -0.05) is 54.5 Å². The first kappa shape index (κ1) is 16.5. The van der Waals surface area contributed by atoms with Gasteiger partial charge >= 0.3 is 0 Å². The Hall–Kier alpha value is -0.830. The van der Waals surface area contributed by atoms with Crippen LogP contribution in [0.25, 0.3) is 0 Å². The summed E-state index contributed by atoms with van der Waals surface area (Å²) in [6, 6.07) is 2.02. The van der Waals surface area contributed by atoms with E-state index in [4.69, 9.17) is 4.74 Å². The number of aryl methyl sites for hydroxylation is 1. The first-order valence-electron chi connectivity index (χ1n) is 7.91. The van der Waals surface area contributed by atoms with Crippen LogP contribution < -0.4 is 4.74 Å². The molecule has 0 atom stereocenters. The number of ether oxygens (including phenoxy) is 1. The highest BCUT2D eigenvalue weighted by molar-refractivity contribution is 9.10. The van der Waals surface area contributed by atoms with Gasteiger partial charge in [0.25, 0.3) is 0 Å². The maximum absolute atomic E-state index is 12.8. The minimum absolute atomic E-state index is 0.237. The molecule has 0 saturated heterocycles. The molecule has 0 amide bonds. The predicted molar refractivity (Wildman–Crippen MR) is 90.3 cm³/mol. The first-order chi connectivity index (χ1) is 10.0. The number of hydrogen-bond donors (Lipinski definition) is 0. The van der Waals surface area contributed by atoms with E-state index in [9.17, 15) is 4.79 Å². The van der Waals surface area contributed by atoms with Crippen LogP contribution in [0.1, 0.15) is 66.4 Å². The highest BCUT2D eigenvalue weighted by Gasteiger charge is 2.23. The standard InChI is InChI=1S/C18H25BrO2/c1-12-10-15(19)13(2)17(18(12)21-3)16(20)11-14-8-6-4-5-7-9-14/h10,14H,4-9,11H2,1-3H3. The fourth-order valence-corrected chi connectivity index (χ4v) is 3.92. The van der Waals surface area contributed by atoms with Crippen LogP contribution in [0.3, 0.4) is 0 Å². The molecule has 1 fully saturated rings. The van der Waals surface area contributed by atoms with Crippen LogP contribution in [0.15, 0.2) is 10.5 Å². The number of rotatable bonds is 4. The van der Waals surface area contributed by atoms with Crippen LogP contribution >= 0.6 is 15.9 Å². The van der Waals surface area contributed by atoms with Gasteiger partial charge in [-0.25, -0.2) is 0 Å². The molecule has 116 valence electrons. The predicted octanol–water partition coefficient (Wildman–Crippen LogP) is 5.62. The minimum atomic E-state index is 0.237. The Morgan fingerprint density at radius 3 is 2.43 bits per heavy atom. The van der Waals surface area contributed by atoms with E-state index < -0.39 is 0 Å². The zero-order valence-electron chi connectivity index (χ0n) is 13.3. The number of halogens is 1. The molecule has 2 nitrogen and oxygen atoms in total. The smallest absolute Gasteiger partial charge is 0.167 e. The topological polar surface area (TPSA) is 26.3 Å². The fourth-order valence-electron chi connectivity index (χ4n) is 3.38. The highest BCUT2D eigenvalue weighted by atomic mass is 79.9. The Morgan fingerprint density at radius 2 is 1.86 bits per heavy atom. The number of hydrogen-bond acceptors (Lipinski definition) is 2. The summed E-state index contributed by atoms with van der Waals surface area (Å²) in [5, 5.41) is 0. The van der Waals surface area contributed by atoms with Crippen LogP contribution in [0, 0.1) is 19.8 Å². The summed E-state index contributed by atoms with van der Waals surface area (Å²) in [5.41, 5.74) is 2.78. The van der Waals surface area contributed by atoms with Crippen molar-refractivity contribution >= 4 is 21.7 Å². The molecule has 0 aromatic heterocycles. The fraction of sp³-hybridized carbons (Fsp3) is 0.611. The second kappa shape index (κ2) is 7.44. The Balaban J connectivity index is 2.25. The first-order valence-corrected chi connectivity index (χ1v) is 8.70. The highest BCUT2D eigenvalue weighted by Crippen LogP contribution is 2.35. The van der Waals surface area contributed by atoms with Crippen molar-refractivity contribution in [1.29, 1.82) is 0 Å². The summed E-state index contributed by atoms with van der Waals surface area (Å²) >= 11 is 3.56. The molecule has 0 N–H and O–H groups in total. The Bertz CT molecular complexity index is 514. The van der Waals surface area contributed by atoms with E-state index >= 15 is 0 Å². The van der Waals surface area contributed by atoms with Crippen molar-refractivity contribution in [1.82, 2.24) is 0 Å². The van der Waals surface area contributed by atoms with Crippen molar-refractivity contribution in [2.45, 2.75) is 58.8 Å². The molecule has 0 bridgehead atoms. The number of carbonyl (C=O) groups is 1. The van der Waals surface area contributed by atoms with E-state index in [2.05, 4.69) is 15.9 Å². The second-order valence-corrected chi connectivity index (χ2v) is 7.05. The van der Waals surface area contributed by atoms with Gasteiger partial charge < -0.3 is 4.74 Å². The van der Waals surface area contributed by atoms with E-state index in [0.29, 0.717) is 12.3 Å². The van der Waals surface area contributed by atoms with Crippen LogP contribution in [0.5, 0.6) is 5.75 Å². The number of ketones is 1. The third-order valence-corrected chi connectivity index (χ3v) is 5.42. The van der Waals surface area contributed by atoms with Crippen LogP contribution in [-0.4, -0.2) is 12.9 Å². The van der Waals surface area contributed by atoms with Gasteiger partial charge in [-0.15, -0.1) is 0 Å². The molecule has 21 heavy (non-hydrogen) atoms. The number of Topliss-reactive ketones (excluding diaryl/α,β-unsaturated/α-hetero) is 1. The molecule has 0 unspecified atom stereocenters. The molecule has 0 heterocycles. The normalized spacial score (nSPS) is 16.6. The summed E-state index contributed by atoms with van der Waals surface area (Å²) in [5.74, 6) is 1.53. The van der Waals surface area contributed by atoms with Gasteiger partial charge in [0, 0.05) is 10.9 Å². The lowest BCUT2D eigenvalue weighted by atomic mass is 9.89. The molecule has 1 aliphatic carbocycles. The maximum atomic E-state index is 12.8. The Labute approximate surface area is 136 Å². The van der Waals surface area contributed by atoms with Crippen molar-refractivity contribution in [2.75, 3.05) is 7.11 Å². The molecule has 3 heteroatoms. The molecular formula is C18H25BrO2. The van der Waals surface area contributed by atoms with E-state index in [0.717, 1.165) is 26.9 Å². The number of benzene rings is 1. The zero-order chi connectivity index (χ0) is 15.4. The Kier molecular flexibility index (Phi) is 5.86. The summed E-state index contributed by atoms with van der Waals surface area (Å²) < 4.78 is 6.50. The molecule has 1 aromatic carbocycles. The average molecular weight is 353 g/mol. The van der Waals surface area contributed by atoms with Gasteiger partial charge in [0.15, 0.2) is 5.78 Å². The zero-order valence-corrected chi connectivity index (χ0v) is 14.9. The van der Waals surface area contributed by atoms with Gasteiger partial charge in [0.05, 0.1) is 12.7 Å². The third kappa shape index (κ3) is 3.88. The van der Waals surface area contributed by atoms with Crippen molar-refractivity contribution in [3.05, 3.63) is 27.2 Å². The van der Waals surface area contributed by atoms with Crippen molar-refractivity contribution in [2.24, 2.45) is 5.92 Å². The second-order valence-electron chi connectivity index (χ2n) is 6.19. The van der Waals surface area contributed by atoms with Gasteiger partial charge in [0.2, 0.25) is 0 Å². The molecular weight excluding hydrogens is 328 g/mol. The minimum Gasteiger partial charge on any atom is -0.496 e. The molecule has 1 aliphatic rings. The van der Waals surface area contributed by atoms with Gasteiger partial charge in [-0.2, -0.15) is 0 Å². The molecule has 0 spiro atoms. The lowest BCUT2D eigenvalue weighted by Gasteiger charge is -2.18. The van der Waals surface area contributed by atoms with Gasteiger partial charge in [-0.05, 0) is 37.0 Å². The monoisotopic (exact) mass is 352 g/mol. The lowest BCUT2D eigenvalue weighted by molar-refractivity contribution is 0.0953. The largest absolute Gasteiger partial charge is 0.496 e. The van der Waals surface area contributed by atoms with E-state index in [1.165, 1.54) is 38.5 Å². The van der Waals surface area contributed by atoms with Crippen LogP contribution in [0.2, 0.25) is 0 Å². The molecule has 2 rings (SSSR count). The molecule has 0 radical (unpaired) electrons. The van der Waals surface area contributed by atoms with Crippen LogP contribution in [0.4, 0.5) is 0 Å². The summed E-state index contributed by atoms with van der Waals surface area (Å²) in [7, 11) is 1.65. The quantitative estimate of drug-likeness (QED) is 0.519. The summed E-state index contributed by atoms with van der Waals surface area (Å²) in [4.78, 5) is 12.8. The Morgan fingerprint density at radius 1 is 1.24 bits per heavy atom. The average Bonchev–Trinajstić information content (AvgIpc) is 2.70. The van der Waals surface area contributed by atoms with Crippen LogP contribution in [-0.2, 0) is 0 Å². The van der Waals surface area contributed by atoms with Crippen molar-refractivity contribution in [3.8, 4) is 5.75 Å².